The summed E-state index contributed by atoms with van der Waals surface area (Å²) in [6.07, 6.45) is 2.07. The number of hydrogen-bond donors (Lipinski definition) is 2. The molecule has 2 aliphatic rings. The molecule has 4 nitrogen and oxygen atoms in total. The lowest BCUT2D eigenvalue weighted by Crippen LogP contribution is -2.52. The first-order valence-corrected chi connectivity index (χ1v) is 8.97. The van der Waals surface area contributed by atoms with Crippen LogP contribution in [0.15, 0.2) is 24.3 Å². The minimum atomic E-state index is 0.128. The number of carbonyl (C=O) groups excluding carboxylic acids is 1. The Morgan fingerprint density at radius 3 is 2.52 bits per heavy atom. The number of benzene rings is 1. The molecule has 0 radical (unpaired) electrons. The van der Waals surface area contributed by atoms with E-state index in [9.17, 15) is 4.79 Å². The molecule has 5 heteroatoms. The van der Waals surface area contributed by atoms with Crippen LogP contribution in [0, 0.1) is 11.8 Å². The number of nitrogens with zero attached hydrogens (tertiary/aromatic N) is 1. The quantitative estimate of drug-likeness (QED) is 0.867. The highest BCUT2D eigenvalue weighted by Gasteiger charge is 2.30. The Morgan fingerprint density at radius 2 is 1.96 bits per heavy atom. The Hall–Kier alpha value is -1.10. The first kappa shape index (κ1) is 16.7. The van der Waals surface area contributed by atoms with Gasteiger partial charge in [0, 0.05) is 36.6 Å². The van der Waals surface area contributed by atoms with E-state index in [-0.39, 0.29) is 11.8 Å². The summed E-state index contributed by atoms with van der Waals surface area (Å²) < 4.78 is 0. The van der Waals surface area contributed by atoms with Gasteiger partial charge in [-0.1, -0.05) is 30.7 Å². The van der Waals surface area contributed by atoms with E-state index in [0.717, 1.165) is 50.6 Å². The molecular formula is C18H26ClN3O. The molecular weight excluding hydrogens is 310 g/mol. The van der Waals surface area contributed by atoms with Gasteiger partial charge < -0.3 is 10.6 Å². The van der Waals surface area contributed by atoms with Gasteiger partial charge in [-0.25, -0.2) is 0 Å². The van der Waals surface area contributed by atoms with Crippen molar-refractivity contribution >= 4 is 17.5 Å². The molecule has 2 N–H and O–H groups in total. The fraction of sp³-hybridized carbons (Fsp3) is 0.611. The smallest absolute Gasteiger partial charge is 0.223 e. The average Bonchev–Trinajstić information content (AvgIpc) is 2.50. The van der Waals surface area contributed by atoms with Crippen molar-refractivity contribution in [1.29, 1.82) is 0 Å². The molecule has 2 saturated heterocycles. The van der Waals surface area contributed by atoms with Gasteiger partial charge in [0.2, 0.25) is 5.91 Å². The Labute approximate surface area is 143 Å². The van der Waals surface area contributed by atoms with E-state index in [1.807, 2.05) is 12.1 Å². The maximum atomic E-state index is 12.3. The lowest BCUT2D eigenvalue weighted by Gasteiger charge is -2.35. The van der Waals surface area contributed by atoms with Crippen LogP contribution in [-0.2, 0) is 11.3 Å². The SMILES string of the molecule is CC(C(=O)NC1CCN(Cc2ccc(Cl)cc2)CC1)C1CNC1. The second kappa shape index (κ2) is 7.65. The predicted molar refractivity (Wildman–Crippen MR) is 93.4 cm³/mol. The van der Waals surface area contributed by atoms with E-state index in [1.165, 1.54) is 5.56 Å². The van der Waals surface area contributed by atoms with Crippen molar-refractivity contribution in [3.63, 3.8) is 0 Å². The third kappa shape index (κ3) is 4.46. The molecule has 126 valence electrons. The fourth-order valence-corrected chi connectivity index (χ4v) is 3.42. The molecule has 2 aliphatic heterocycles. The topological polar surface area (TPSA) is 44.4 Å². The zero-order valence-corrected chi connectivity index (χ0v) is 14.5. The summed E-state index contributed by atoms with van der Waals surface area (Å²) in [7, 11) is 0. The Morgan fingerprint density at radius 1 is 1.30 bits per heavy atom. The van der Waals surface area contributed by atoms with Gasteiger partial charge in [-0.2, -0.15) is 0 Å². The molecule has 3 rings (SSSR count). The molecule has 1 unspecified atom stereocenters. The van der Waals surface area contributed by atoms with Crippen molar-refractivity contribution in [2.45, 2.75) is 32.4 Å². The van der Waals surface area contributed by atoms with E-state index in [1.54, 1.807) is 0 Å². The van der Waals surface area contributed by atoms with Crippen LogP contribution in [0.5, 0.6) is 0 Å². The van der Waals surface area contributed by atoms with Crippen LogP contribution in [0.2, 0.25) is 5.02 Å². The van der Waals surface area contributed by atoms with Crippen LogP contribution >= 0.6 is 11.6 Å². The van der Waals surface area contributed by atoms with Crippen LogP contribution < -0.4 is 10.6 Å². The normalized spacial score (nSPS) is 21.7. The minimum absolute atomic E-state index is 0.128. The van der Waals surface area contributed by atoms with Crippen LogP contribution in [0.1, 0.15) is 25.3 Å². The molecule has 0 bridgehead atoms. The third-order valence-electron chi connectivity index (χ3n) is 5.19. The number of likely N-dealkylation sites (tertiary alicyclic amines) is 1. The summed E-state index contributed by atoms with van der Waals surface area (Å²) in [6, 6.07) is 8.40. The molecule has 2 heterocycles. The second-order valence-electron chi connectivity index (χ2n) is 6.89. The summed E-state index contributed by atoms with van der Waals surface area (Å²) in [6.45, 7) is 7.04. The van der Waals surface area contributed by atoms with Crippen LogP contribution in [0.3, 0.4) is 0 Å². The fourth-order valence-electron chi connectivity index (χ4n) is 3.29. The number of nitrogens with one attached hydrogen (secondary N) is 2. The standard InChI is InChI=1S/C18H26ClN3O/c1-13(15-10-20-11-15)18(23)21-17-6-8-22(9-7-17)12-14-2-4-16(19)5-3-14/h2-5,13,15,17,20H,6-12H2,1H3,(H,21,23). The Bertz CT molecular complexity index is 522. The molecule has 23 heavy (non-hydrogen) atoms. The Kier molecular flexibility index (Phi) is 5.57. The minimum Gasteiger partial charge on any atom is -0.353 e. The van der Waals surface area contributed by atoms with Crippen LogP contribution in [0.4, 0.5) is 0 Å². The molecule has 0 aromatic heterocycles. The summed E-state index contributed by atoms with van der Waals surface area (Å²) in [5.41, 5.74) is 1.29. The van der Waals surface area contributed by atoms with Crippen LogP contribution in [0.25, 0.3) is 0 Å². The summed E-state index contributed by atoms with van der Waals surface area (Å²) >= 11 is 5.93. The van der Waals surface area contributed by atoms with E-state index in [0.29, 0.717) is 12.0 Å². The molecule has 1 amide bonds. The highest BCUT2D eigenvalue weighted by atomic mass is 35.5. The zero-order valence-electron chi connectivity index (χ0n) is 13.7. The van der Waals surface area contributed by atoms with E-state index < -0.39 is 0 Å². The van der Waals surface area contributed by atoms with E-state index >= 15 is 0 Å². The van der Waals surface area contributed by atoms with Gasteiger partial charge >= 0.3 is 0 Å². The molecule has 0 aliphatic carbocycles. The van der Waals surface area contributed by atoms with Gasteiger partial charge in [0.1, 0.15) is 0 Å². The highest BCUT2D eigenvalue weighted by Crippen LogP contribution is 2.19. The highest BCUT2D eigenvalue weighted by molar-refractivity contribution is 6.30. The second-order valence-corrected chi connectivity index (χ2v) is 7.33. The number of halogens is 1. The summed E-state index contributed by atoms with van der Waals surface area (Å²) in [5, 5.41) is 7.27. The zero-order chi connectivity index (χ0) is 16.2. The van der Waals surface area contributed by atoms with Gasteiger partial charge in [0.05, 0.1) is 0 Å². The maximum Gasteiger partial charge on any atom is 0.223 e. The Balaban J connectivity index is 1.41. The van der Waals surface area contributed by atoms with Gasteiger partial charge in [-0.15, -0.1) is 0 Å². The van der Waals surface area contributed by atoms with Crippen molar-refractivity contribution < 1.29 is 4.79 Å². The van der Waals surface area contributed by atoms with E-state index in [2.05, 4.69) is 34.6 Å². The summed E-state index contributed by atoms with van der Waals surface area (Å²) in [5.74, 6) is 0.871. The first-order valence-electron chi connectivity index (χ1n) is 8.59. The average molecular weight is 336 g/mol. The monoisotopic (exact) mass is 335 g/mol. The lowest BCUT2D eigenvalue weighted by atomic mass is 9.88. The van der Waals surface area contributed by atoms with Crippen molar-refractivity contribution in [3.05, 3.63) is 34.9 Å². The largest absolute Gasteiger partial charge is 0.353 e. The van der Waals surface area contributed by atoms with Crippen molar-refractivity contribution in [1.82, 2.24) is 15.5 Å². The number of hydrogen-bond acceptors (Lipinski definition) is 3. The molecule has 1 aromatic carbocycles. The molecule has 0 saturated carbocycles. The number of amides is 1. The number of carbonyl (C=O) groups is 1. The van der Waals surface area contributed by atoms with Gasteiger partial charge in [-0.3, -0.25) is 9.69 Å². The van der Waals surface area contributed by atoms with Gasteiger partial charge in [0.25, 0.3) is 0 Å². The molecule has 1 aromatic rings. The van der Waals surface area contributed by atoms with Crippen molar-refractivity contribution in [2.75, 3.05) is 26.2 Å². The van der Waals surface area contributed by atoms with Gasteiger partial charge in [0.15, 0.2) is 0 Å². The molecule has 1 atom stereocenters. The van der Waals surface area contributed by atoms with E-state index in [4.69, 9.17) is 11.6 Å². The number of piperidine rings is 1. The van der Waals surface area contributed by atoms with Crippen molar-refractivity contribution in [2.24, 2.45) is 11.8 Å². The van der Waals surface area contributed by atoms with Crippen molar-refractivity contribution in [3.8, 4) is 0 Å². The van der Waals surface area contributed by atoms with Gasteiger partial charge in [-0.05, 0) is 49.5 Å². The first-order chi connectivity index (χ1) is 11.1. The molecule has 0 spiro atoms. The third-order valence-corrected chi connectivity index (χ3v) is 5.44. The molecule has 2 fully saturated rings. The summed E-state index contributed by atoms with van der Waals surface area (Å²) in [4.78, 5) is 14.7. The number of rotatable bonds is 5. The van der Waals surface area contributed by atoms with Crippen LogP contribution in [-0.4, -0.2) is 43.0 Å². The maximum absolute atomic E-state index is 12.3. The lowest BCUT2D eigenvalue weighted by molar-refractivity contribution is -0.127. The predicted octanol–water partition coefficient (Wildman–Crippen LogP) is 2.28.